The summed E-state index contributed by atoms with van der Waals surface area (Å²) >= 11 is 0. The second kappa shape index (κ2) is 7.18. The Labute approximate surface area is 121 Å². The standard InChI is InChI=1S/C15H26N2O3/c1-11(2)17-14(18)10-13(15(17)19)16-8-9-20-12-6-4-3-5-7-12/h11-13,16H,3-10H2,1-2H3. The Morgan fingerprint density at radius 1 is 1.25 bits per heavy atom. The van der Waals surface area contributed by atoms with Crippen LogP contribution in [-0.4, -0.2) is 48.1 Å². The number of ether oxygens (including phenoxy) is 1. The first-order valence-corrected chi connectivity index (χ1v) is 7.80. The molecule has 1 atom stereocenters. The lowest BCUT2D eigenvalue weighted by atomic mass is 9.98. The van der Waals surface area contributed by atoms with Gasteiger partial charge < -0.3 is 10.1 Å². The molecule has 5 heteroatoms. The first-order valence-electron chi connectivity index (χ1n) is 7.80. The highest BCUT2D eigenvalue weighted by atomic mass is 16.5. The zero-order chi connectivity index (χ0) is 14.5. The van der Waals surface area contributed by atoms with Crippen LogP contribution in [0, 0.1) is 0 Å². The molecule has 0 aromatic heterocycles. The Morgan fingerprint density at radius 3 is 2.55 bits per heavy atom. The minimum absolute atomic E-state index is 0.0553. The molecule has 2 fully saturated rings. The number of nitrogens with zero attached hydrogens (tertiary/aromatic N) is 1. The van der Waals surface area contributed by atoms with E-state index >= 15 is 0 Å². The zero-order valence-corrected chi connectivity index (χ0v) is 12.6. The van der Waals surface area contributed by atoms with E-state index < -0.39 is 0 Å². The maximum Gasteiger partial charge on any atom is 0.247 e. The molecule has 0 radical (unpaired) electrons. The second-order valence-corrected chi connectivity index (χ2v) is 6.04. The summed E-state index contributed by atoms with van der Waals surface area (Å²) in [6, 6.07) is -0.417. The van der Waals surface area contributed by atoms with Crippen LogP contribution < -0.4 is 5.32 Å². The molecule has 0 aromatic rings. The number of amides is 2. The highest BCUT2D eigenvalue weighted by molar-refractivity contribution is 6.05. The molecule has 2 amide bonds. The third-order valence-electron chi connectivity index (χ3n) is 4.10. The average Bonchev–Trinajstić information content (AvgIpc) is 2.71. The van der Waals surface area contributed by atoms with Gasteiger partial charge in [-0.3, -0.25) is 14.5 Å². The summed E-state index contributed by atoms with van der Waals surface area (Å²) in [5, 5.41) is 3.15. The van der Waals surface area contributed by atoms with Gasteiger partial charge in [0.25, 0.3) is 0 Å². The molecular formula is C15H26N2O3. The van der Waals surface area contributed by atoms with Gasteiger partial charge in [0.05, 0.1) is 25.2 Å². The fourth-order valence-corrected chi connectivity index (χ4v) is 3.04. The van der Waals surface area contributed by atoms with E-state index in [1.807, 2.05) is 13.8 Å². The average molecular weight is 282 g/mol. The van der Waals surface area contributed by atoms with Crippen molar-refractivity contribution < 1.29 is 14.3 Å². The van der Waals surface area contributed by atoms with Gasteiger partial charge in [0.1, 0.15) is 0 Å². The Bertz CT molecular complexity index is 351. The third-order valence-corrected chi connectivity index (χ3v) is 4.10. The molecule has 5 nitrogen and oxygen atoms in total. The number of nitrogens with one attached hydrogen (secondary N) is 1. The molecule has 0 aromatic carbocycles. The normalized spacial score (nSPS) is 24.9. The predicted octanol–water partition coefficient (Wildman–Crippen LogP) is 1.46. The third kappa shape index (κ3) is 3.79. The molecule has 1 heterocycles. The number of rotatable bonds is 6. The van der Waals surface area contributed by atoms with Crippen LogP contribution >= 0.6 is 0 Å². The van der Waals surface area contributed by atoms with Gasteiger partial charge in [-0.2, -0.15) is 0 Å². The zero-order valence-electron chi connectivity index (χ0n) is 12.6. The number of hydrogen-bond donors (Lipinski definition) is 1. The lowest BCUT2D eigenvalue weighted by Crippen LogP contribution is -2.42. The topological polar surface area (TPSA) is 58.6 Å². The van der Waals surface area contributed by atoms with E-state index in [9.17, 15) is 9.59 Å². The Kier molecular flexibility index (Phi) is 5.54. The van der Waals surface area contributed by atoms with Gasteiger partial charge in [0.2, 0.25) is 11.8 Å². The van der Waals surface area contributed by atoms with Crippen LogP contribution in [0.25, 0.3) is 0 Å². The van der Waals surface area contributed by atoms with E-state index in [1.165, 1.54) is 24.2 Å². The van der Waals surface area contributed by atoms with Crippen LogP contribution in [0.2, 0.25) is 0 Å². The van der Waals surface area contributed by atoms with E-state index in [2.05, 4.69) is 5.32 Å². The van der Waals surface area contributed by atoms with Crippen molar-refractivity contribution in [3.63, 3.8) is 0 Å². The van der Waals surface area contributed by atoms with E-state index in [0.29, 0.717) is 19.3 Å². The largest absolute Gasteiger partial charge is 0.377 e. The van der Waals surface area contributed by atoms with Gasteiger partial charge in [-0.05, 0) is 26.7 Å². The summed E-state index contributed by atoms with van der Waals surface area (Å²) in [5.74, 6) is -0.168. The quantitative estimate of drug-likeness (QED) is 0.592. The number of carbonyl (C=O) groups excluding carboxylic acids is 2. The van der Waals surface area contributed by atoms with Crippen molar-refractivity contribution in [2.75, 3.05) is 13.2 Å². The highest BCUT2D eigenvalue weighted by Crippen LogP contribution is 2.20. The number of carbonyl (C=O) groups is 2. The lowest BCUT2D eigenvalue weighted by molar-refractivity contribution is -0.140. The van der Waals surface area contributed by atoms with Crippen molar-refractivity contribution in [1.29, 1.82) is 0 Å². The van der Waals surface area contributed by atoms with Gasteiger partial charge in [0, 0.05) is 12.6 Å². The van der Waals surface area contributed by atoms with Gasteiger partial charge in [-0.1, -0.05) is 19.3 Å². The molecule has 1 aliphatic heterocycles. The first-order chi connectivity index (χ1) is 9.59. The second-order valence-electron chi connectivity index (χ2n) is 6.04. The summed E-state index contributed by atoms with van der Waals surface area (Å²) < 4.78 is 5.81. The van der Waals surface area contributed by atoms with Crippen molar-refractivity contribution in [3.8, 4) is 0 Å². The Balaban J connectivity index is 1.67. The molecule has 1 saturated heterocycles. The Hall–Kier alpha value is -0.940. The Morgan fingerprint density at radius 2 is 1.95 bits per heavy atom. The van der Waals surface area contributed by atoms with E-state index in [0.717, 1.165) is 12.8 Å². The fraction of sp³-hybridized carbons (Fsp3) is 0.867. The molecular weight excluding hydrogens is 256 g/mol. The summed E-state index contributed by atoms with van der Waals surface area (Å²) in [7, 11) is 0. The van der Waals surface area contributed by atoms with E-state index in [1.54, 1.807) is 0 Å². The van der Waals surface area contributed by atoms with E-state index in [-0.39, 0.29) is 30.3 Å². The fourth-order valence-electron chi connectivity index (χ4n) is 3.04. The molecule has 1 saturated carbocycles. The van der Waals surface area contributed by atoms with Gasteiger partial charge in [-0.15, -0.1) is 0 Å². The number of hydrogen-bond acceptors (Lipinski definition) is 4. The molecule has 20 heavy (non-hydrogen) atoms. The van der Waals surface area contributed by atoms with Crippen molar-refractivity contribution in [3.05, 3.63) is 0 Å². The number of imide groups is 1. The molecule has 0 spiro atoms. The van der Waals surface area contributed by atoms with Crippen LogP contribution in [0.1, 0.15) is 52.4 Å². The molecule has 1 aliphatic carbocycles. The minimum atomic E-state index is -0.361. The summed E-state index contributed by atoms with van der Waals surface area (Å²) in [6.45, 7) is 4.98. The first kappa shape index (κ1) is 15.4. The molecule has 2 rings (SSSR count). The molecule has 2 aliphatic rings. The van der Waals surface area contributed by atoms with Crippen molar-refractivity contribution in [2.45, 2.75) is 70.6 Å². The molecule has 1 unspecified atom stereocenters. The maximum atomic E-state index is 12.1. The SMILES string of the molecule is CC(C)N1C(=O)CC(NCCOC2CCCCC2)C1=O. The lowest BCUT2D eigenvalue weighted by Gasteiger charge is -2.22. The number of likely N-dealkylation sites (tertiary alicyclic amines) is 1. The summed E-state index contributed by atoms with van der Waals surface area (Å²) in [4.78, 5) is 25.2. The monoisotopic (exact) mass is 282 g/mol. The van der Waals surface area contributed by atoms with Crippen molar-refractivity contribution in [1.82, 2.24) is 10.2 Å². The van der Waals surface area contributed by atoms with Crippen LogP contribution in [0.5, 0.6) is 0 Å². The molecule has 1 N–H and O–H groups in total. The highest BCUT2D eigenvalue weighted by Gasteiger charge is 2.39. The maximum absolute atomic E-state index is 12.1. The summed E-state index contributed by atoms with van der Waals surface area (Å²) in [5.41, 5.74) is 0. The van der Waals surface area contributed by atoms with Crippen LogP contribution in [0.15, 0.2) is 0 Å². The van der Waals surface area contributed by atoms with Crippen LogP contribution in [-0.2, 0) is 14.3 Å². The van der Waals surface area contributed by atoms with Crippen LogP contribution in [0.4, 0.5) is 0 Å². The van der Waals surface area contributed by atoms with Crippen LogP contribution in [0.3, 0.4) is 0 Å². The van der Waals surface area contributed by atoms with Crippen molar-refractivity contribution in [2.24, 2.45) is 0 Å². The smallest absolute Gasteiger partial charge is 0.247 e. The molecule has 114 valence electrons. The summed E-state index contributed by atoms with van der Waals surface area (Å²) in [6.07, 6.45) is 6.82. The molecule has 0 bridgehead atoms. The van der Waals surface area contributed by atoms with Gasteiger partial charge >= 0.3 is 0 Å². The van der Waals surface area contributed by atoms with Crippen molar-refractivity contribution >= 4 is 11.8 Å². The van der Waals surface area contributed by atoms with E-state index in [4.69, 9.17) is 4.74 Å². The minimum Gasteiger partial charge on any atom is -0.377 e. The predicted molar refractivity (Wildman–Crippen MR) is 76.2 cm³/mol. The van der Waals surface area contributed by atoms with Gasteiger partial charge in [0.15, 0.2) is 0 Å². The van der Waals surface area contributed by atoms with Gasteiger partial charge in [-0.25, -0.2) is 0 Å².